The van der Waals surface area contributed by atoms with Crippen LogP contribution in [0, 0.1) is 11.3 Å². The van der Waals surface area contributed by atoms with Gasteiger partial charge in [-0.1, -0.05) is 0 Å². The molecule has 0 aliphatic heterocycles. The Balaban J connectivity index is 2.32. The van der Waals surface area contributed by atoms with Gasteiger partial charge in [0.2, 0.25) is 0 Å². The first-order valence-electron chi connectivity index (χ1n) is 11.7. The summed E-state index contributed by atoms with van der Waals surface area (Å²) in [6, 6.07) is 6.06. The number of carbonyl (C=O) groups is 2. The molecular formula is C25H36N8O2. The van der Waals surface area contributed by atoms with E-state index in [1.807, 2.05) is 38.9 Å². The number of aromatic nitrogens is 2. The van der Waals surface area contributed by atoms with E-state index in [0.717, 1.165) is 43.2 Å². The fourth-order valence-electron chi connectivity index (χ4n) is 3.53. The molecule has 4 N–H and O–H groups in total. The lowest BCUT2D eigenvalue weighted by Crippen LogP contribution is -2.31. The molecule has 0 atom stereocenters. The molecule has 188 valence electrons. The number of hydrogen-bond acceptors (Lipinski definition) is 10. The van der Waals surface area contributed by atoms with Crippen molar-refractivity contribution in [2.45, 2.75) is 39.3 Å². The summed E-state index contributed by atoms with van der Waals surface area (Å²) in [6.07, 6.45) is 4.62. The van der Waals surface area contributed by atoms with Crippen molar-refractivity contribution in [1.29, 1.82) is 5.26 Å². The molecule has 0 aromatic carbocycles. The highest BCUT2D eigenvalue weighted by Gasteiger charge is 2.15. The molecule has 0 radical (unpaired) electrons. The van der Waals surface area contributed by atoms with E-state index in [9.17, 15) is 14.9 Å². The lowest BCUT2D eigenvalue weighted by molar-refractivity contribution is -0.108. The van der Waals surface area contributed by atoms with Crippen LogP contribution < -0.4 is 16.4 Å². The molecule has 2 aromatic rings. The average molecular weight is 481 g/mol. The highest BCUT2D eigenvalue weighted by Crippen LogP contribution is 2.25. The van der Waals surface area contributed by atoms with Gasteiger partial charge in [-0.3, -0.25) is 9.69 Å². The Morgan fingerprint density at radius 1 is 1.17 bits per heavy atom. The smallest absolute Gasteiger partial charge is 0.168 e. The van der Waals surface area contributed by atoms with Gasteiger partial charge in [-0.15, -0.1) is 0 Å². The highest BCUT2D eigenvalue weighted by atomic mass is 16.1. The fourth-order valence-corrected chi connectivity index (χ4v) is 3.53. The number of aryl methyl sites for hydroxylation is 1. The Hall–Kier alpha value is -3.39. The van der Waals surface area contributed by atoms with Crippen LogP contribution in [-0.2, 0) is 17.8 Å². The summed E-state index contributed by atoms with van der Waals surface area (Å²) in [7, 11) is 3.87. The molecule has 35 heavy (non-hydrogen) atoms. The van der Waals surface area contributed by atoms with E-state index in [-0.39, 0.29) is 6.04 Å². The zero-order valence-electron chi connectivity index (χ0n) is 21.0. The summed E-state index contributed by atoms with van der Waals surface area (Å²) >= 11 is 0. The lowest BCUT2D eigenvalue weighted by atomic mass is 10.1. The SMILES string of the molecule is CC(C)Nc1cc(Nc2nc(C=O)c(CN(C)CCN(C)CC=O)cc2CCCN)ncc1C#N. The number of nitrogens with one attached hydrogen (secondary N) is 2. The van der Waals surface area contributed by atoms with Crippen LogP contribution in [0.5, 0.6) is 0 Å². The topological polar surface area (TPSA) is 140 Å². The minimum atomic E-state index is 0.145. The largest absolute Gasteiger partial charge is 0.382 e. The zero-order valence-corrected chi connectivity index (χ0v) is 21.0. The minimum absolute atomic E-state index is 0.145. The molecule has 2 aromatic heterocycles. The first kappa shape index (κ1) is 27.9. The number of nitriles is 1. The van der Waals surface area contributed by atoms with Crippen molar-refractivity contribution in [3.63, 3.8) is 0 Å². The maximum absolute atomic E-state index is 11.9. The first-order chi connectivity index (χ1) is 16.8. The Bertz CT molecular complexity index is 1030. The van der Waals surface area contributed by atoms with Crippen LogP contribution in [0.25, 0.3) is 0 Å². The van der Waals surface area contributed by atoms with Gasteiger partial charge in [0.1, 0.15) is 29.7 Å². The number of carbonyl (C=O) groups excluding carboxylic acids is 2. The molecule has 0 unspecified atom stereocenters. The Morgan fingerprint density at radius 3 is 2.54 bits per heavy atom. The predicted molar refractivity (Wildman–Crippen MR) is 138 cm³/mol. The van der Waals surface area contributed by atoms with Gasteiger partial charge in [-0.25, -0.2) is 9.97 Å². The van der Waals surface area contributed by atoms with Gasteiger partial charge >= 0.3 is 0 Å². The second kappa shape index (κ2) is 14.1. The van der Waals surface area contributed by atoms with E-state index in [2.05, 4.69) is 31.6 Å². The van der Waals surface area contributed by atoms with Gasteiger partial charge in [0.25, 0.3) is 0 Å². The van der Waals surface area contributed by atoms with Crippen molar-refractivity contribution in [2.75, 3.05) is 50.9 Å². The summed E-state index contributed by atoms with van der Waals surface area (Å²) < 4.78 is 0. The molecule has 10 heteroatoms. The third-order valence-corrected chi connectivity index (χ3v) is 5.38. The van der Waals surface area contributed by atoms with Crippen LogP contribution in [-0.4, -0.2) is 78.7 Å². The molecule has 0 saturated heterocycles. The van der Waals surface area contributed by atoms with Gasteiger partial charge in [0.05, 0.1) is 17.8 Å². The number of anilines is 3. The quantitative estimate of drug-likeness (QED) is 0.325. The Labute approximate surface area is 207 Å². The highest BCUT2D eigenvalue weighted by molar-refractivity contribution is 5.77. The number of rotatable bonds is 15. The molecule has 0 aliphatic rings. The molecule has 2 heterocycles. The van der Waals surface area contributed by atoms with Gasteiger partial charge in [0.15, 0.2) is 6.29 Å². The number of aldehydes is 2. The van der Waals surface area contributed by atoms with Crippen LogP contribution in [0.2, 0.25) is 0 Å². The molecule has 0 aliphatic carbocycles. The van der Waals surface area contributed by atoms with E-state index in [4.69, 9.17) is 5.73 Å². The van der Waals surface area contributed by atoms with Crippen LogP contribution in [0.1, 0.15) is 47.4 Å². The molecule has 0 saturated carbocycles. The lowest BCUT2D eigenvalue weighted by Gasteiger charge is -2.22. The van der Waals surface area contributed by atoms with E-state index >= 15 is 0 Å². The van der Waals surface area contributed by atoms with Gasteiger partial charge in [-0.2, -0.15) is 5.26 Å². The van der Waals surface area contributed by atoms with Gasteiger partial charge < -0.3 is 26.1 Å². The first-order valence-corrected chi connectivity index (χ1v) is 11.7. The second-order valence-corrected chi connectivity index (χ2v) is 8.87. The number of hydrogen-bond donors (Lipinski definition) is 3. The number of likely N-dealkylation sites (N-methyl/N-ethyl adjacent to an activating group) is 2. The van der Waals surface area contributed by atoms with Gasteiger partial charge in [0, 0.05) is 37.9 Å². The molecule has 0 amide bonds. The summed E-state index contributed by atoms with van der Waals surface area (Å²) in [4.78, 5) is 35.6. The van der Waals surface area contributed by atoms with E-state index in [1.54, 1.807) is 6.07 Å². The maximum Gasteiger partial charge on any atom is 0.168 e. The average Bonchev–Trinajstić information content (AvgIpc) is 2.82. The molecule has 2 rings (SSSR count). The second-order valence-electron chi connectivity index (χ2n) is 8.87. The van der Waals surface area contributed by atoms with Crippen LogP contribution in [0.15, 0.2) is 18.3 Å². The van der Waals surface area contributed by atoms with Crippen molar-refractivity contribution in [2.24, 2.45) is 5.73 Å². The van der Waals surface area contributed by atoms with E-state index < -0.39 is 0 Å². The minimum Gasteiger partial charge on any atom is -0.382 e. The van der Waals surface area contributed by atoms with Crippen molar-refractivity contribution < 1.29 is 9.59 Å². The number of nitrogens with zero attached hydrogens (tertiary/aromatic N) is 5. The van der Waals surface area contributed by atoms with E-state index in [0.29, 0.717) is 54.6 Å². The zero-order chi connectivity index (χ0) is 25.8. The number of pyridine rings is 2. The standard InChI is InChI=1S/C25H36N8O2/c1-18(2)29-22-13-24(28-15-21(22)14-27)31-25-19(6-5-7-26)12-20(23(17-35)30-25)16-33(4)9-8-32(3)10-11-34/h11-13,15,17-18H,5-10,16,26H2,1-4H3,(H2,28,29,30,31). The van der Waals surface area contributed by atoms with Crippen molar-refractivity contribution in [3.05, 3.63) is 40.7 Å². The Kier molecular flexibility index (Phi) is 11.2. The molecule has 0 spiro atoms. The van der Waals surface area contributed by atoms with Gasteiger partial charge in [-0.05, 0) is 64.5 Å². The summed E-state index contributed by atoms with van der Waals surface area (Å²) in [5.74, 6) is 1.07. The molecular weight excluding hydrogens is 444 g/mol. The number of nitrogens with two attached hydrogens (primary N) is 1. The van der Waals surface area contributed by atoms with Crippen molar-refractivity contribution in [1.82, 2.24) is 19.8 Å². The van der Waals surface area contributed by atoms with Crippen LogP contribution in [0.4, 0.5) is 17.3 Å². The Morgan fingerprint density at radius 2 is 1.91 bits per heavy atom. The predicted octanol–water partition coefficient (Wildman–Crippen LogP) is 2.18. The fraction of sp³-hybridized carbons (Fsp3) is 0.480. The van der Waals surface area contributed by atoms with Crippen LogP contribution in [0.3, 0.4) is 0 Å². The summed E-state index contributed by atoms with van der Waals surface area (Å²) in [5.41, 5.74) is 9.00. The summed E-state index contributed by atoms with van der Waals surface area (Å²) in [6.45, 7) is 6.92. The normalized spacial score (nSPS) is 11.1. The summed E-state index contributed by atoms with van der Waals surface area (Å²) in [5, 5.41) is 15.9. The van der Waals surface area contributed by atoms with E-state index in [1.165, 1.54) is 6.20 Å². The molecule has 0 bridgehead atoms. The molecule has 10 nitrogen and oxygen atoms in total. The third-order valence-electron chi connectivity index (χ3n) is 5.38. The molecule has 0 fully saturated rings. The van der Waals surface area contributed by atoms with Crippen LogP contribution >= 0.6 is 0 Å². The van der Waals surface area contributed by atoms with Crippen molar-refractivity contribution in [3.8, 4) is 6.07 Å². The van der Waals surface area contributed by atoms with Crippen molar-refractivity contribution >= 4 is 29.9 Å². The maximum atomic E-state index is 11.9. The third kappa shape index (κ3) is 8.72. The monoisotopic (exact) mass is 480 g/mol.